The zero-order chi connectivity index (χ0) is 13.0. The van der Waals surface area contributed by atoms with Crippen LogP contribution < -0.4 is 5.32 Å². The summed E-state index contributed by atoms with van der Waals surface area (Å²) >= 11 is 0. The first kappa shape index (κ1) is 12.8. The highest BCUT2D eigenvalue weighted by molar-refractivity contribution is 5.70. The van der Waals surface area contributed by atoms with Crippen molar-refractivity contribution in [2.24, 2.45) is 0 Å². The molecule has 0 aliphatic heterocycles. The Kier molecular flexibility index (Phi) is 4.11. The van der Waals surface area contributed by atoms with Gasteiger partial charge in [0.15, 0.2) is 0 Å². The Bertz CT molecular complexity index is 534. The molecule has 0 spiro atoms. The van der Waals surface area contributed by atoms with Crippen LogP contribution in [0.25, 0.3) is 11.1 Å². The maximum atomic E-state index is 13.6. The molecule has 0 radical (unpaired) electrons. The van der Waals surface area contributed by atoms with Crippen molar-refractivity contribution in [3.8, 4) is 11.1 Å². The third kappa shape index (κ3) is 2.59. The van der Waals surface area contributed by atoms with Crippen molar-refractivity contribution < 1.29 is 4.39 Å². The van der Waals surface area contributed by atoms with E-state index in [0.717, 1.165) is 24.2 Å². The van der Waals surface area contributed by atoms with E-state index in [-0.39, 0.29) is 5.82 Å². The second kappa shape index (κ2) is 5.78. The number of benzene rings is 2. The lowest BCUT2D eigenvalue weighted by Crippen LogP contribution is -2.12. The first-order chi connectivity index (χ1) is 8.74. The molecule has 2 aromatic rings. The molecule has 2 aromatic carbocycles. The monoisotopic (exact) mass is 243 g/mol. The Balaban J connectivity index is 2.46. The maximum absolute atomic E-state index is 13.6. The van der Waals surface area contributed by atoms with Gasteiger partial charge in [0.1, 0.15) is 5.82 Å². The summed E-state index contributed by atoms with van der Waals surface area (Å²) in [7, 11) is 0. The molecule has 94 valence electrons. The minimum atomic E-state index is -0.147. The predicted octanol–water partition coefficient (Wildman–Crippen LogP) is 3.91. The Morgan fingerprint density at radius 3 is 2.50 bits per heavy atom. The standard InChI is InChI=1S/C16H18FN/c1-3-18-11-13-7-4-5-8-15(13)14-9-6-10-16(17)12(14)2/h4-10,18H,3,11H2,1-2H3. The number of hydrogen-bond donors (Lipinski definition) is 1. The summed E-state index contributed by atoms with van der Waals surface area (Å²) in [5.41, 5.74) is 3.99. The lowest BCUT2D eigenvalue weighted by molar-refractivity contribution is 0.619. The van der Waals surface area contributed by atoms with Crippen LogP contribution in [0.1, 0.15) is 18.1 Å². The average Bonchev–Trinajstić information content (AvgIpc) is 2.40. The highest BCUT2D eigenvalue weighted by Gasteiger charge is 2.09. The summed E-state index contributed by atoms with van der Waals surface area (Å²) in [5, 5.41) is 3.32. The molecule has 0 saturated heterocycles. The van der Waals surface area contributed by atoms with Crippen molar-refractivity contribution >= 4 is 0 Å². The largest absolute Gasteiger partial charge is 0.313 e. The predicted molar refractivity (Wildman–Crippen MR) is 74.0 cm³/mol. The topological polar surface area (TPSA) is 12.0 Å². The Labute approximate surface area is 108 Å². The van der Waals surface area contributed by atoms with Gasteiger partial charge in [0.2, 0.25) is 0 Å². The van der Waals surface area contributed by atoms with Crippen molar-refractivity contribution in [2.45, 2.75) is 20.4 Å². The lowest BCUT2D eigenvalue weighted by atomic mass is 9.96. The van der Waals surface area contributed by atoms with Crippen molar-refractivity contribution in [1.29, 1.82) is 0 Å². The minimum absolute atomic E-state index is 0.147. The molecule has 0 aromatic heterocycles. The van der Waals surface area contributed by atoms with E-state index in [0.29, 0.717) is 5.56 Å². The van der Waals surface area contributed by atoms with Gasteiger partial charge in [-0.1, -0.05) is 43.3 Å². The molecule has 0 heterocycles. The third-order valence-corrected chi connectivity index (χ3v) is 3.14. The van der Waals surface area contributed by atoms with Crippen LogP contribution >= 0.6 is 0 Å². The van der Waals surface area contributed by atoms with E-state index >= 15 is 0 Å². The van der Waals surface area contributed by atoms with Gasteiger partial charge in [0.25, 0.3) is 0 Å². The van der Waals surface area contributed by atoms with Crippen LogP contribution in [-0.2, 0) is 6.54 Å². The maximum Gasteiger partial charge on any atom is 0.126 e. The smallest absolute Gasteiger partial charge is 0.126 e. The van der Waals surface area contributed by atoms with Gasteiger partial charge in [-0.3, -0.25) is 0 Å². The zero-order valence-corrected chi connectivity index (χ0v) is 10.8. The van der Waals surface area contributed by atoms with E-state index in [4.69, 9.17) is 0 Å². The molecular weight excluding hydrogens is 225 g/mol. The fraction of sp³-hybridized carbons (Fsp3) is 0.250. The summed E-state index contributed by atoms with van der Waals surface area (Å²) in [4.78, 5) is 0. The molecule has 0 amide bonds. The van der Waals surface area contributed by atoms with Crippen LogP contribution in [0, 0.1) is 12.7 Å². The summed E-state index contributed by atoms with van der Waals surface area (Å²) < 4.78 is 13.6. The summed E-state index contributed by atoms with van der Waals surface area (Å²) in [6.45, 7) is 5.64. The van der Waals surface area contributed by atoms with Crippen LogP contribution in [0.15, 0.2) is 42.5 Å². The molecule has 2 heteroatoms. The molecule has 0 fully saturated rings. The van der Waals surface area contributed by atoms with Crippen LogP contribution in [0.4, 0.5) is 4.39 Å². The minimum Gasteiger partial charge on any atom is -0.313 e. The van der Waals surface area contributed by atoms with Crippen LogP contribution in [-0.4, -0.2) is 6.54 Å². The van der Waals surface area contributed by atoms with E-state index in [1.54, 1.807) is 6.07 Å². The number of nitrogens with one attached hydrogen (secondary N) is 1. The first-order valence-corrected chi connectivity index (χ1v) is 6.28. The quantitative estimate of drug-likeness (QED) is 0.858. The van der Waals surface area contributed by atoms with Gasteiger partial charge in [0.05, 0.1) is 0 Å². The summed E-state index contributed by atoms with van der Waals surface area (Å²) in [6.07, 6.45) is 0. The van der Waals surface area contributed by atoms with E-state index in [2.05, 4.69) is 24.4 Å². The molecule has 0 aliphatic rings. The highest BCUT2D eigenvalue weighted by atomic mass is 19.1. The van der Waals surface area contributed by atoms with E-state index in [9.17, 15) is 4.39 Å². The van der Waals surface area contributed by atoms with E-state index in [1.165, 1.54) is 11.6 Å². The molecule has 1 nitrogen and oxygen atoms in total. The van der Waals surface area contributed by atoms with Gasteiger partial charge < -0.3 is 5.32 Å². The Hall–Kier alpha value is -1.67. The van der Waals surface area contributed by atoms with Gasteiger partial charge in [-0.25, -0.2) is 4.39 Å². The first-order valence-electron chi connectivity index (χ1n) is 6.28. The normalized spacial score (nSPS) is 10.6. The molecule has 2 rings (SSSR count). The van der Waals surface area contributed by atoms with Crippen molar-refractivity contribution in [2.75, 3.05) is 6.54 Å². The van der Waals surface area contributed by atoms with Gasteiger partial charge in [-0.15, -0.1) is 0 Å². The van der Waals surface area contributed by atoms with Crippen molar-refractivity contribution in [3.05, 3.63) is 59.4 Å². The highest BCUT2D eigenvalue weighted by Crippen LogP contribution is 2.28. The molecule has 1 N–H and O–H groups in total. The summed E-state index contributed by atoms with van der Waals surface area (Å²) in [6, 6.07) is 13.4. The molecule has 0 unspecified atom stereocenters. The van der Waals surface area contributed by atoms with Gasteiger partial charge in [0, 0.05) is 6.54 Å². The zero-order valence-electron chi connectivity index (χ0n) is 10.8. The molecule has 0 saturated carbocycles. The van der Waals surface area contributed by atoms with Crippen LogP contribution in [0.2, 0.25) is 0 Å². The average molecular weight is 243 g/mol. The van der Waals surface area contributed by atoms with Crippen molar-refractivity contribution in [3.63, 3.8) is 0 Å². The second-order valence-corrected chi connectivity index (χ2v) is 4.35. The number of halogens is 1. The molecule has 0 atom stereocenters. The Morgan fingerprint density at radius 2 is 1.72 bits per heavy atom. The van der Waals surface area contributed by atoms with Crippen LogP contribution in [0.3, 0.4) is 0 Å². The lowest BCUT2D eigenvalue weighted by Gasteiger charge is -2.12. The van der Waals surface area contributed by atoms with Crippen LogP contribution in [0.5, 0.6) is 0 Å². The van der Waals surface area contributed by atoms with Gasteiger partial charge >= 0.3 is 0 Å². The van der Waals surface area contributed by atoms with Crippen molar-refractivity contribution in [1.82, 2.24) is 5.32 Å². The van der Waals surface area contributed by atoms with Gasteiger partial charge in [-0.05, 0) is 41.8 Å². The van der Waals surface area contributed by atoms with Gasteiger partial charge in [-0.2, -0.15) is 0 Å². The SMILES string of the molecule is CCNCc1ccccc1-c1cccc(F)c1C. The Morgan fingerprint density at radius 1 is 1.00 bits per heavy atom. The number of rotatable bonds is 4. The fourth-order valence-electron chi connectivity index (χ4n) is 2.10. The summed E-state index contributed by atoms with van der Waals surface area (Å²) in [5.74, 6) is -0.147. The van der Waals surface area contributed by atoms with E-state index < -0.39 is 0 Å². The number of hydrogen-bond acceptors (Lipinski definition) is 1. The fourth-order valence-corrected chi connectivity index (χ4v) is 2.10. The second-order valence-electron chi connectivity index (χ2n) is 4.35. The molecule has 0 bridgehead atoms. The molecular formula is C16H18FN. The molecule has 0 aliphatic carbocycles. The third-order valence-electron chi connectivity index (χ3n) is 3.14. The van der Waals surface area contributed by atoms with E-state index in [1.807, 2.05) is 25.1 Å². The molecule has 18 heavy (non-hydrogen) atoms.